The summed E-state index contributed by atoms with van der Waals surface area (Å²) in [7, 11) is 0. The van der Waals surface area contributed by atoms with Crippen molar-refractivity contribution in [3.05, 3.63) is 39.4 Å². The second-order valence-corrected chi connectivity index (χ2v) is 6.12. The second-order valence-electron chi connectivity index (χ2n) is 4.95. The second kappa shape index (κ2) is 5.21. The fourth-order valence-corrected chi connectivity index (χ4v) is 2.94. The Labute approximate surface area is 137 Å². The first-order valence-electron chi connectivity index (χ1n) is 6.37. The van der Waals surface area contributed by atoms with Gasteiger partial charge in [0, 0.05) is 12.7 Å². The number of rotatable bonds is 1. The first-order chi connectivity index (χ1) is 10.3. The van der Waals surface area contributed by atoms with Crippen molar-refractivity contribution >= 4 is 34.3 Å². The molecule has 0 unspecified atom stereocenters. The molecule has 3 rings (SSSR count). The Morgan fingerprint density at radius 2 is 2.05 bits per heavy atom. The van der Waals surface area contributed by atoms with Crippen molar-refractivity contribution in [2.45, 2.75) is 19.1 Å². The number of pyridine rings is 1. The molecular weight excluding hydrogens is 412 g/mol. The number of carbonyl (C=O) groups is 1. The summed E-state index contributed by atoms with van der Waals surface area (Å²) in [4.78, 5) is 17.7. The molecule has 1 aliphatic heterocycles. The number of nitrogens with zero attached hydrogens (tertiary/aromatic N) is 4. The van der Waals surface area contributed by atoms with Crippen molar-refractivity contribution in [1.82, 2.24) is 14.8 Å². The predicted octanol–water partition coefficient (Wildman–Crippen LogP) is 3.12. The van der Waals surface area contributed by atoms with Crippen LogP contribution in [-0.4, -0.2) is 27.2 Å². The summed E-state index contributed by atoms with van der Waals surface area (Å²) >= 11 is 2.01. The van der Waals surface area contributed by atoms with E-state index in [1.165, 1.54) is 11.0 Å². The third-order valence-electron chi connectivity index (χ3n) is 3.41. The summed E-state index contributed by atoms with van der Waals surface area (Å²) in [5.41, 5.74) is -0.408. The maximum atomic E-state index is 12.6. The molecule has 0 bridgehead atoms. The predicted molar refractivity (Wildman–Crippen MR) is 80.6 cm³/mol. The summed E-state index contributed by atoms with van der Waals surface area (Å²) in [5, 5.41) is 4.15. The lowest BCUT2D eigenvalue weighted by molar-refractivity contribution is -0.137. The van der Waals surface area contributed by atoms with E-state index in [1.807, 2.05) is 29.5 Å². The minimum Gasteiger partial charge on any atom is -0.289 e. The lowest BCUT2D eigenvalue weighted by Crippen LogP contribution is -2.43. The van der Waals surface area contributed by atoms with E-state index in [1.54, 1.807) is 10.9 Å². The lowest BCUT2D eigenvalue weighted by Gasteiger charge is -2.31. The van der Waals surface area contributed by atoms with E-state index < -0.39 is 11.7 Å². The minimum atomic E-state index is -4.45. The van der Waals surface area contributed by atoms with Crippen molar-refractivity contribution < 1.29 is 18.0 Å². The average Bonchev–Trinajstić information content (AvgIpc) is 2.85. The Morgan fingerprint density at radius 3 is 2.64 bits per heavy atom. The molecule has 1 amide bonds. The number of anilines is 1. The van der Waals surface area contributed by atoms with Gasteiger partial charge >= 0.3 is 6.18 Å². The molecule has 0 saturated carbocycles. The van der Waals surface area contributed by atoms with Crippen LogP contribution in [0.4, 0.5) is 19.0 Å². The fourth-order valence-electron chi connectivity index (χ4n) is 2.34. The molecule has 0 N–H and O–H groups in total. The first-order valence-corrected chi connectivity index (χ1v) is 7.45. The van der Waals surface area contributed by atoms with Crippen LogP contribution in [0.2, 0.25) is 0 Å². The molecule has 0 aliphatic carbocycles. The van der Waals surface area contributed by atoms with Crippen molar-refractivity contribution in [2.24, 2.45) is 0 Å². The maximum absolute atomic E-state index is 12.6. The van der Waals surface area contributed by atoms with Gasteiger partial charge in [-0.2, -0.15) is 18.3 Å². The van der Waals surface area contributed by atoms with Crippen molar-refractivity contribution in [1.29, 1.82) is 0 Å². The zero-order chi connectivity index (χ0) is 16.1. The van der Waals surface area contributed by atoms with Crippen molar-refractivity contribution in [2.75, 3.05) is 11.4 Å². The quantitative estimate of drug-likeness (QED) is 0.664. The van der Waals surface area contributed by atoms with Gasteiger partial charge in [-0.15, -0.1) is 0 Å². The average molecular weight is 422 g/mol. The van der Waals surface area contributed by atoms with Crippen LogP contribution < -0.4 is 4.90 Å². The number of hydrogen-bond acceptors (Lipinski definition) is 3. The van der Waals surface area contributed by atoms with Crippen LogP contribution in [0.25, 0.3) is 0 Å². The third kappa shape index (κ3) is 2.46. The van der Waals surface area contributed by atoms with Gasteiger partial charge in [0.1, 0.15) is 11.5 Å². The SMILES string of the molecule is C[C@H]1CN(c2ccc(C(F)(F)F)cn2)C(=O)c2c(I)cnn21. The standard InChI is InChI=1S/C13H10F3IN4O/c1-7-6-20(12(22)11-9(17)5-19-21(7)11)10-3-2-8(4-18-10)13(14,15)16/h2-5,7H,6H2,1H3/t7-/m0/s1. The highest BCUT2D eigenvalue weighted by atomic mass is 127. The smallest absolute Gasteiger partial charge is 0.289 e. The van der Waals surface area contributed by atoms with E-state index in [-0.39, 0.29) is 17.8 Å². The zero-order valence-electron chi connectivity index (χ0n) is 11.3. The number of halogens is 4. The Bertz CT molecular complexity index is 726. The van der Waals surface area contributed by atoms with Crippen molar-refractivity contribution in [3.8, 4) is 0 Å². The lowest BCUT2D eigenvalue weighted by atomic mass is 10.2. The highest BCUT2D eigenvalue weighted by molar-refractivity contribution is 14.1. The van der Waals surface area contributed by atoms with Gasteiger partial charge in [-0.3, -0.25) is 14.4 Å². The summed E-state index contributed by atoms with van der Waals surface area (Å²) in [6, 6.07) is 2.06. The molecule has 2 aromatic rings. The van der Waals surface area contributed by atoms with Crippen LogP contribution in [0, 0.1) is 3.57 Å². The number of hydrogen-bond donors (Lipinski definition) is 0. The number of aromatic nitrogens is 3. The van der Waals surface area contributed by atoms with Crippen LogP contribution in [0.1, 0.15) is 29.0 Å². The summed E-state index contributed by atoms with van der Waals surface area (Å²) in [6.07, 6.45) is -2.11. The van der Waals surface area contributed by atoms with Gasteiger partial charge in [0.05, 0.1) is 21.4 Å². The van der Waals surface area contributed by atoms with Gasteiger partial charge in [0.2, 0.25) is 0 Å². The molecule has 0 aromatic carbocycles. The number of amides is 1. The monoisotopic (exact) mass is 422 g/mol. The van der Waals surface area contributed by atoms with Crippen LogP contribution in [-0.2, 0) is 6.18 Å². The summed E-state index contributed by atoms with van der Waals surface area (Å²) < 4.78 is 40.1. The summed E-state index contributed by atoms with van der Waals surface area (Å²) in [5.74, 6) is -0.111. The normalized spacial score (nSPS) is 18.5. The van der Waals surface area contributed by atoms with E-state index in [4.69, 9.17) is 0 Å². The van der Waals surface area contributed by atoms with Gasteiger partial charge < -0.3 is 0 Å². The minimum absolute atomic E-state index is 0.0830. The molecule has 1 atom stereocenters. The molecule has 0 saturated heterocycles. The number of carbonyl (C=O) groups excluding carboxylic acids is 1. The Kier molecular flexibility index (Phi) is 3.62. The van der Waals surface area contributed by atoms with Crippen LogP contribution in [0.15, 0.2) is 24.5 Å². The van der Waals surface area contributed by atoms with Gasteiger partial charge in [-0.05, 0) is 41.6 Å². The Morgan fingerprint density at radius 1 is 1.32 bits per heavy atom. The zero-order valence-corrected chi connectivity index (χ0v) is 13.5. The number of alkyl halides is 3. The first kappa shape index (κ1) is 15.3. The Hall–Kier alpha value is -1.65. The molecule has 3 heterocycles. The molecule has 116 valence electrons. The van der Waals surface area contributed by atoms with E-state index in [0.29, 0.717) is 15.8 Å². The topological polar surface area (TPSA) is 51.0 Å². The molecule has 9 heteroatoms. The molecular formula is C13H10F3IN4O. The van der Waals surface area contributed by atoms with Crippen LogP contribution >= 0.6 is 22.6 Å². The van der Waals surface area contributed by atoms with Crippen LogP contribution in [0.3, 0.4) is 0 Å². The summed E-state index contributed by atoms with van der Waals surface area (Å²) in [6.45, 7) is 2.19. The maximum Gasteiger partial charge on any atom is 0.417 e. The van der Waals surface area contributed by atoms with Gasteiger partial charge in [-0.25, -0.2) is 4.98 Å². The molecule has 2 aromatic heterocycles. The van der Waals surface area contributed by atoms with E-state index in [9.17, 15) is 18.0 Å². The largest absolute Gasteiger partial charge is 0.417 e. The van der Waals surface area contributed by atoms with E-state index in [0.717, 1.165) is 12.3 Å². The Balaban J connectivity index is 1.96. The van der Waals surface area contributed by atoms with E-state index >= 15 is 0 Å². The molecule has 22 heavy (non-hydrogen) atoms. The highest BCUT2D eigenvalue weighted by Gasteiger charge is 2.35. The van der Waals surface area contributed by atoms with Gasteiger partial charge in [-0.1, -0.05) is 0 Å². The molecule has 0 radical (unpaired) electrons. The molecule has 1 aliphatic rings. The molecule has 0 spiro atoms. The number of fused-ring (bicyclic) bond motifs is 1. The van der Waals surface area contributed by atoms with E-state index in [2.05, 4.69) is 10.1 Å². The van der Waals surface area contributed by atoms with Gasteiger partial charge in [0.15, 0.2) is 0 Å². The van der Waals surface area contributed by atoms with Crippen LogP contribution in [0.5, 0.6) is 0 Å². The fraction of sp³-hybridized carbons (Fsp3) is 0.308. The highest BCUT2D eigenvalue weighted by Crippen LogP contribution is 2.31. The molecule has 0 fully saturated rings. The third-order valence-corrected chi connectivity index (χ3v) is 4.20. The molecule has 5 nitrogen and oxygen atoms in total. The van der Waals surface area contributed by atoms with Crippen molar-refractivity contribution in [3.63, 3.8) is 0 Å². The van der Waals surface area contributed by atoms with Gasteiger partial charge in [0.25, 0.3) is 5.91 Å².